The molecule has 2 aliphatic rings. The van der Waals surface area contributed by atoms with Gasteiger partial charge in [-0.25, -0.2) is 4.79 Å². The van der Waals surface area contributed by atoms with E-state index in [0.29, 0.717) is 17.7 Å². The first-order valence-corrected chi connectivity index (χ1v) is 8.44. The van der Waals surface area contributed by atoms with Crippen LogP contribution in [0.2, 0.25) is 0 Å². The molecule has 5 N–H and O–H groups in total. The molecule has 0 spiro atoms. The third kappa shape index (κ3) is 3.54. The molecular formula is C14H19N3O6S. The van der Waals surface area contributed by atoms with Gasteiger partial charge in [-0.15, -0.1) is 11.8 Å². The number of hydrogen-bond acceptors (Lipinski definition) is 6. The van der Waals surface area contributed by atoms with Gasteiger partial charge in [0.2, 0.25) is 5.91 Å². The van der Waals surface area contributed by atoms with E-state index in [4.69, 9.17) is 10.8 Å². The Morgan fingerprint density at radius 2 is 2.08 bits per heavy atom. The molecule has 2 heterocycles. The lowest BCUT2D eigenvalue weighted by Gasteiger charge is -2.49. The van der Waals surface area contributed by atoms with Crippen LogP contribution < -0.4 is 11.1 Å². The van der Waals surface area contributed by atoms with E-state index in [1.54, 1.807) is 6.92 Å². The molecule has 9 nitrogen and oxygen atoms in total. The first-order valence-electron chi connectivity index (χ1n) is 7.39. The first-order chi connectivity index (χ1) is 11.2. The van der Waals surface area contributed by atoms with E-state index in [-0.39, 0.29) is 24.4 Å². The van der Waals surface area contributed by atoms with Crippen LogP contribution in [0.5, 0.6) is 0 Å². The molecule has 0 aromatic rings. The zero-order valence-electron chi connectivity index (χ0n) is 13.0. The lowest BCUT2D eigenvalue weighted by molar-refractivity contribution is -0.150. The van der Waals surface area contributed by atoms with Crippen molar-refractivity contribution < 1.29 is 29.4 Å². The fourth-order valence-electron chi connectivity index (χ4n) is 2.63. The highest BCUT2D eigenvalue weighted by molar-refractivity contribution is 8.00. The third-order valence-electron chi connectivity index (χ3n) is 3.91. The molecule has 2 amide bonds. The van der Waals surface area contributed by atoms with Crippen molar-refractivity contribution >= 4 is 35.5 Å². The fraction of sp³-hybridized carbons (Fsp3) is 0.571. The van der Waals surface area contributed by atoms with Crippen LogP contribution in [-0.4, -0.2) is 62.1 Å². The van der Waals surface area contributed by atoms with Crippen LogP contribution in [0.1, 0.15) is 26.2 Å². The lowest BCUT2D eigenvalue weighted by atomic mass is 10.0. The number of carbonyl (C=O) groups is 4. The first kappa shape index (κ1) is 18.3. The van der Waals surface area contributed by atoms with Gasteiger partial charge in [-0.1, -0.05) is 0 Å². The Morgan fingerprint density at radius 1 is 1.42 bits per heavy atom. The predicted molar refractivity (Wildman–Crippen MR) is 84.8 cm³/mol. The maximum atomic E-state index is 12.2. The summed E-state index contributed by atoms with van der Waals surface area (Å²) in [5.41, 5.74) is 5.95. The Balaban J connectivity index is 1.88. The summed E-state index contributed by atoms with van der Waals surface area (Å²) in [7, 11) is 0. The number of β-lactam (4-membered cyclic amide) rings is 1. The maximum absolute atomic E-state index is 12.2. The molecule has 0 aliphatic carbocycles. The van der Waals surface area contributed by atoms with Crippen LogP contribution in [0.15, 0.2) is 11.3 Å². The number of aliphatic carboxylic acids is 2. The number of nitrogens with one attached hydrogen (secondary N) is 1. The van der Waals surface area contributed by atoms with Crippen molar-refractivity contribution in [3.8, 4) is 0 Å². The van der Waals surface area contributed by atoms with Crippen molar-refractivity contribution in [3.05, 3.63) is 11.3 Å². The second-order valence-electron chi connectivity index (χ2n) is 5.73. The SMILES string of the molecule is CC1=C(C(=O)O)N2C(=O)[C@@H](NC(=O)CCC[C@H](N)C(=O)O)[C@@H]2SC1. The number of nitrogens with two attached hydrogens (primary N) is 1. The van der Waals surface area contributed by atoms with Gasteiger partial charge in [-0.05, 0) is 25.3 Å². The van der Waals surface area contributed by atoms with Crippen LogP contribution in [0.3, 0.4) is 0 Å². The lowest BCUT2D eigenvalue weighted by Crippen LogP contribution is -2.70. The molecule has 0 aromatic carbocycles. The van der Waals surface area contributed by atoms with Crippen LogP contribution in [0, 0.1) is 0 Å². The molecule has 3 atom stereocenters. The summed E-state index contributed by atoms with van der Waals surface area (Å²) in [4.78, 5) is 47.1. The maximum Gasteiger partial charge on any atom is 0.352 e. The van der Waals surface area contributed by atoms with E-state index in [9.17, 15) is 24.3 Å². The Labute approximate surface area is 142 Å². The monoisotopic (exact) mass is 357 g/mol. The van der Waals surface area contributed by atoms with Gasteiger partial charge in [-0.2, -0.15) is 0 Å². The highest BCUT2D eigenvalue weighted by Gasteiger charge is 2.53. The molecule has 132 valence electrons. The van der Waals surface area contributed by atoms with E-state index >= 15 is 0 Å². The minimum atomic E-state index is -1.15. The van der Waals surface area contributed by atoms with E-state index in [1.807, 2.05) is 0 Å². The average Bonchev–Trinajstić information content (AvgIpc) is 2.51. The molecule has 0 aromatic heterocycles. The molecule has 1 fully saturated rings. The summed E-state index contributed by atoms with van der Waals surface area (Å²) in [5, 5.41) is 20.1. The Bertz CT molecular complexity index is 620. The summed E-state index contributed by atoms with van der Waals surface area (Å²) >= 11 is 1.40. The van der Waals surface area contributed by atoms with E-state index in [2.05, 4.69) is 5.32 Å². The highest BCUT2D eigenvalue weighted by atomic mass is 32.2. The van der Waals surface area contributed by atoms with Gasteiger partial charge in [0, 0.05) is 12.2 Å². The van der Waals surface area contributed by atoms with E-state index in [0.717, 1.165) is 0 Å². The molecule has 0 unspecified atom stereocenters. The Morgan fingerprint density at radius 3 is 2.67 bits per heavy atom. The summed E-state index contributed by atoms with van der Waals surface area (Å²) in [5.74, 6) is -2.62. The second-order valence-corrected chi connectivity index (χ2v) is 6.83. The molecule has 2 rings (SSSR count). The number of amides is 2. The number of carboxylic acid groups (broad SMARTS) is 2. The molecule has 2 aliphatic heterocycles. The van der Waals surface area contributed by atoms with Gasteiger partial charge in [-0.3, -0.25) is 19.3 Å². The number of carbonyl (C=O) groups excluding carboxylic acids is 2. The summed E-state index contributed by atoms with van der Waals surface area (Å²) in [6.45, 7) is 1.66. The smallest absolute Gasteiger partial charge is 0.352 e. The number of hydrogen-bond donors (Lipinski definition) is 4. The minimum absolute atomic E-state index is 0.0123. The van der Waals surface area contributed by atoms with E-state index < -0.39 is 35.3 Å². The van der Waals surface area contributed by atoms with Crippen LogP contribution in [0.25, 0.3) is 0 Å². The number of thioether (sulfide) groups is 1. The van der Waals surface area contributed by atoms with Crippen molar-refractivity contribution in [2.75, 3.05) is 5.75 Å². The van der Waals surface area contributed by atoms with Gasteiger partial charge in [0.15, 0.2) is 0 Å². The normalized spacial score (nSPS) is 24.1. The predicted octanol–water partition coefficient (Wildman–Crippen LogP) is -0.673. The summed E-state index contributed by atoms with van der Waals surface area (Å²) in [6.07, 6.45) is 0.515. The van der Waals surface area contributed by atoms with E-state index in [1.165, 1.54) is 16.7 Å². The van der Waals surface area contributed by atoms with Crippen molar-refractivity contribution in [1.29, 1.82) is 0 Å². The van der Waals surface area contributed by atoms with Crippen molar-refractivity contribution in [2.45, 2.75) is 43.6 Å². The Kier molecular flexibility index (Phi) is 5.50. The van der Waals surface area contributed by atoms with Gasteiger partial charge >= 0.3 is 11.9 Å². The zero-order valence-corrected chi connectivity index (χ0v) is 13.8. The Hall–Kier alpha value is -2.07. The molecule has 0 saturated carbocycles. The fourth-order valence-corrected chi connectivity index (χ4v) is 3.92. The topological polar surface area (TPSA) is 150 Å². The molecule has 24 heavy (non-hydrogen) atoms. The molecule has 10 heteroatoms. The largest absolute Gasteiger partial charge is 0.480 e. The second kappa shape index (κ2) is 7.22. The minimum Gasteiger partial charge on any atom is -0.480 e. The summed E-state index contributed by atoms with van der Waals surface area (Å²) < 4.78 is 0. The quantitative estimate of drug-likeness (QED) is 0.438. The number of carboxylic acids is 2. The van der Waals surface area contributed by atoms with Crippen molar-refractivity contribution in [1.82, 2.24) is 10.2 Å². The molecule has 0 radical (unpaired) electrons. The van der Waals surface area contributed by atoms with Crippen molar-refractivity contribution in [3.63, 3.8) is 0 Å². The molecule has 1 saturated heterocycles. The number of nitrogens with zero attached hydrogens (tertiary/aromatic N) is 1. The molecule has 0 bridgehead atoms. The number of fused-ring (bicyclic) bond motifs is 1. The number of rotatable bonds is 7. The van der Waals surface area contributed by atoms with Gasteiger partial charge < -0.3 is 21.3 Å². The van der Waals surface area contributed by atoms with Gasteiger partial charge in [0.05, 0.1) is 0 Å². The summed E-state index contributed by atoms with van der Waals surface area (Å²) in [6, 6.07) is -1.77. The average molecular weight is 357 g/mol. The third-order valence-corrected chi connectivity index (χ3v) is 5.34. The van der Waals surface area contributed by atoms with Crippen LogP contribution >= 0.6 is 11.8 Å². The van der Waals surface area contributed by atoms with Gasteiger partial charge in [0.25, 0.3) is 5.91 Å². The highest BCUT2D eigenvalue weighted by Crippen LogP contribution is 2.40. The zero-order chi connectivity index (χ0) is 18.0. The van der Waals surface area contributed by atoms with Crippen LogP contribution in [-0.2, 0) is 19.2 Å². The van der Waals surface area contributed by atoms with Crippen molar-refractivity contribution in [2.24, 2.45) is 5.73 Å². The van der Waals surface area contributed by atoms with Crippen LogP contribution in [0.4, 0.5) is 0 Å². The molecular weight excluding hydrogens is 338 g/mol. The standard InChI is InChI=1S/C14H19N3O6S/c1-6-5-24-12-9(11(19)17(12)10(6)14(22)23)16-8(18)4-2-3-7(15)13(20)21/h7,9,12H,2-5,15H2,1H3,(H,16,18)(H,20,21)(H,22,23)/t7-,9+,12-/m0/s1. The van der Waals surface area contributed by atoms with Gasteiger partial charge in [0.1, 0.15) is 23.2 Å².